The van der Waals surface area contributed by atoms with Crippen molar-refractivity contribution in [2.24, 2.45) is 18.9 Å². The third-order valence-corrected chi connectivity index (χ3v) is 5.74. The summed E-state index contributed by atoms with van der Waals surface area (Å²) in [5.74, 6) is 4.75. The lowest BCUT2D eigenvalue weighted by molar-refractivity contribution is 0.0474. The van der Waals surface area contributed by atoms with Crippen LogP contribution >= 0.6 is 0 Å². The molecule has 0 unspecified atom stereocenters. The van der Waals surface area contributed by atoms with Gasteiger partial charge in [-0.3, -0.25) is 4.90 Å². The minimum Gasteiger partial charge on any atom is -0.464 e. The van der Waals surface area contributed by atoms with Gasteiger partial charge in [0.15, 0.2) is 0 Å². The van der Waals surface area contributed by atoms with E-state index in [-0.39, 0.29) is 0 Å². The highest BCUT2D eigenvalue weighted by molar-refractivity contribution is 5.17. The molecule has 0 aromatic carbocycles. The summed E-state index contributed by atoms with van der Waals surface area (Å²) in [5.41, 5.74) is 0. The Kier molecular flexibility index (Phi) is 4.22. The van der Waals surface area contributed by atoms with E-state index in [1.807, 2.05) is 17.8 Å². The van der Waals surface area contributed by atoms with Crippen LogP contribution in [0.5, 0.6) is 0 Å². The number of aryl methyl sites for hydroxylation is 1. The largest absolute Gasteiger partial charge is 0.464 e. The van der Waals surface area contributed by atoms with Crippen LogP contribution in [-0.2, 0) is 13.6 Å². The first-order valence-electron chi connectivity index (χ1n) is 9.08. The first-order chi connectivity index (χ1) is 11.6. The molecule has 130 valence electrons. The maximum atomic E-state index is 10.6. The molecule has 2 aliphatic rings. The molecule has 2 fully saturated rings. The fourth-order valence-corrected chi connectivity index (χ4v) is 3.92. The molecule has 0 bridgehead atoms. The lowest BCUT2D eigenvalue weighted by Gasteiger charge is -2.33. The van der Waals surface area contributed by atoms with Crippen LogP contribution in [0.2, 0.25) is 0 Å². The maximum absolute atomic E-state index is 10.6. The average Bonchev–Trinajstić information content (AvgIpc) is 2.97. The zero-order chi connectivity index (χ0) is 16.7. The van der Waals surface area contributed by atoms with Gasteiger partial charge >= 0.3 is 0 Å². The second-order valence-corrected chi connectivity index (χ2v) is 7.58. The monoisotopic (exact) mass is 329 g/mol. The van der Waals surface area contributed by atoms with Gasteiger partial charge in [0.25, 0.3) is 0 Å². The molecule has 1 N–H and O–H groups in total. The highest BCUT2D eigenvalue weighted by atomic mass is 16.3. The van der Waals surface area contributed by atoms with E-state index in [4.69, 9.17) is 4.42 Å². The lowest BCUT2D eigenvalue weighted by atomic mass is 9.90. The summed E-state index contributed by atoms with van der Waals surface area (Å²) in [5, 5.41) is 10.6. The van der Waals surface area contributed by atoms with Crippen LogP contribution in [0.4, 0.5) is 0 Å². The topological polar surface area (TPSA) is 54.4 Å². The molecule has 1 aliphatic carbocycles. The molecule has 5 nitrogen and oxygen atoms in total. The van der Waals surface area contributed by atoms with Crippen molar-refractivity contribution in [2.75, 3.05) is 13.1 Å². The molecule has 1 aliphatic heterocycles. The Morgan fingerprint density at radius 2 is 2.08 bits per heavy atom. The van der Waals surface area contributed by atoms with Crippen molar-refractivity contribution in [3.05, 3.63) is 41.9 Å². The van der Waals surface area contributed by atoms with Gasteiger partial charge in [0, 0.05) is 25.4 Å². The number of imidazole rings is 1. The van der Waals surface area contributed by atoms with Crippen molar-refractivity contribution in [2.45, 2.75) is 44.8 Å². The number of aliphatic hydroxyl groups is 1. The minimum atomic E-state index is -0.460. The summed E-state index contributed by atoms with van der Waals surface area (Å²) in [6, 6.07) is 4.29. The number of furan rings is 1. The molecule has 1 saturated heterocycles. The second kappa shape index (κ2) is 6.37. The number of aliphatic hydroxyl groups excluding tert-OH is 1. The van der Waals surface area contributed by atoms with Crippen LogP contribution in [0.3, 0.4) is 0 Å². The number of rotatable bonds is 5. The summed E-state index contributed by atoms with van der Waals surface area (Å²) < 4.78 is 7.94. The van der Waals surface area contributed by atoms with Gasteiger partial charge in [0.05, 0.1) is 6.54 Å². The normalized spacial score (nSPS) is 26.6. The lowest BCUT2D eigenvalue weighted by Crippen LogP contribution is -2.35. The van der Waals surface area contributed by atoms with E-state index in [0.29, 0.717) is 11.8 Å². The Balaban J connectivity index is 1.30. The molecule has 4 rings (SSSR count). The van der Waals surface area contributed by atoms with Gasteiger partial charge in [-0.15, -0.1) is 0 Å². The predicted molar refractivity (Wildman–Crippen MR) is 91.4 cm³/mol. The van der Waals surface area contributed by atoms with Crippen LogP contribution in [0.1, 0.15) is 55.6 Å². The SMILES string of the molecule is C[C@@H]1C[C@@H]1c1ccc(CN2CCC([C@@H](O)c3nccn3C)CC2)o1. The van der Waals surface area contributed by atoms with Crippen LogP contribution in [0.25, 0.3) is 0 Å². The fourth-order valence-electron chi connectivity index (χ4n) is 3.92. The zero-order valence-electron chi connectivity index (χ0n) is 14.6. The summed E-state index contributed by atoms with van der Waals surface area (Å²) >= 11 is 0. The van der Waals surface area contributed by atoms with Crippen molar-refractivity contribution in [3.63, 3.8) is 0 Å². The van der Waals surface area contributed by atoms with Crippen molar-refractivity contribution >= 4 is 0 Å². The van der Waals surface area contributed by atoms with Gasteiger partial charge < -0.3 is 14.1 Å². The number of likely N-dealkylation sites (tertiary alicyclic amines) is 1. The summed E-state index contributed by atoms with van der Waals surface area (Å²) in [4.78, 5) is 6.72. The summed E-state index contributed by atoms with van der Waals surface area (Å²) in [6.45, 7) is 5.17. The van der Waals surface area contributed by atoms with E-state index in [0.717, 1.165) is 55.7 Å². The molecule has 0 radical (unpaired) electrons. The third-order valence-electron chi connectivity index (χ3n) is 5.74. The quantitative estimate of drug-likeness (QED) is 0.916. The van der Waals surface area contributed by atoms with Gasteiger partial charge in [-0.25, -0.2) is 4.98 Å². The summed E-state index contributed by atoms with van der Waals surface area (Å²) in [7, 11) is 1.94. The Hall–Kier alpha value is -1.59. The Morgan fingerprint density at radius 1 is 1.33 bits per heavy atom. The van der Waals surface area contributed by atoms with E-state index in [1.165, 1.54) is 6.42 Å². The van der Waals surface area contributed by atoms with Crippen LogP contribution in [0, 0.1) is 11.8 Å². The van der Waals surface area contributed by atoms with Gasteiger partial charge in [0.2, 0.25) is 0 Å². The van der Waals surface area contributed by atoms with Crippen molar-refractivity contribution in [1.82, 2.24) is 14.5 Å². The molecular formula is C19H27N3O2. The Labute approximate surface area is 143 Å². The van der Waals surface area contributed by atoms with E-state index in [1.54, 1.807) is 6.20 Å². The van der Waals surface area contributed by atoms with E-state index < -0.39 is 6.10 Å². The zero-order valence-corrected chi connectivity index (χ0v) is 14.6. The van der Waals surface area contributed by atoms with Gasteiger partial charge in [-0.1, -0.05) is 6.92 Å². The molecule has 0 amide bonds. The van der Waals surface area contributed by atoms with Crippen molar-refractivity contribution < 1.29 is 9.52 Å². The van der Waals surface area contributed by atoms with Gasteiger partial charge in [0.1, 0.15) is 23.4 Å². The average molecular weight is 329 g/mol. The van der Waals surface area contributed by atoms with E-state index in [9.17, 15) is 5.11 Å². The molecule has 1 saturated carbocycles. The molecule has 0 spiro atoms. The fraction of sp³-hybridized carbons (Fsp3) is 0.632. The van der Waals surface area contributed by atoms with Crippen molar-refractivity contribution in [1.29, 1.82) is 0 Å². The minimum absolute atomic E-state index is 0.293. The molecule has 2 aromatic heterocycles. The van der Waals surface area contributed by atoms with E-state index in [2.05, 4.69) is 28.9 Å². The molecule has 2 aromatic rings. The van der Waals surface area contributed by atoms with E-state index >= 15 is 0 Å². The van der Waals surface area contributed by atoms with Gasteiger partial charge in [-0.05, 0) is 56.3 Å². The third kappa shape index (κ3) is 3.15. The molecule has 5 heteroatoms. The second-order valence-electron chi connectivity index (χ2n) is 7.58. The Morgan fingerprint density at radius 3 is 2.71 bits per heavy atom. The van der Waals surface area contributed by atoms with Crippen molar-refractivity contribution in [3.8, 4) is 0 Å². The van der Waals surface area contributed by atoms with Crippen LogP contribution in [0.15, 0.2) is 28.9 Å². The number of nitrogens with zero attached hydrogens (tertiary/aromatic N) is 3. The highest BCUT2D eigenvalue weighted by Crippen LogP contribution is 2.47. The highest BCUT2D eigenvalue weighted by Gasteiger charge is 2.36. The van der Waals surface area contributed by atoms with Crippen LogP contribution in [-0.4, -0.2) is 32.6 Å². The first kappa shape index (κ1) is 15.9. The number of hydrogen-bond donors (Lipinski definition) is 1. The first-order valence-corrected chi connectivity index (χ1v) is 9.08. The Bertz CT molecular complexity index is 684. The smallest absolute Gasteiger partial charge is 0.137 e. The maximum Gasteiger partial charge on any atom is 0.137 e. The molecule has 24 heavy (non-hydrogen) atoms. The number of aromatic nitrogens is 2. The predicted octanol–water partition coefficient (Wildman–Crippen LogP) is 3.08. The van der Waals surface area contributed by atoms with Crippen LogP contribution < -0.4 is 0 Å². The molecule has 3 atom stereocenters. The summed E-state index contributed by atoms with van der Waals surface area (Å²) in [6.07, 6.45) is 6.45. The molecular weight excluding hydrogens is 302 g/mol. The number of hydrogen-bond acceptors (Lipinski definition) is 4. The van der Waals surface area contributed by atoms with Gasteiger partial charge in [-0.2, -0.15) is 0 Å². The number of piperidine rings is 1. The standard InChI is InChI=1S/C19H27N3O2/c1-13-11-16(13)17-4-3-15(24-17)12-22-8-5-14(6-9-22)18(23)19-20-7-10-21(19)2/h3-4,7,10,13-14,16,18,23H,5-6,8-9,11-12H2,1-2H3/t13-,16+,18-/m1/s1. The molecule has 3 heterocycles.